The summed E-state index contributed by atoms with van der Waals surface area (Å²) in [5, 5.41) is 2.65. The fourth-order valence-corrected chi connectivity index (χ4v) is 3.09. The van der Waals surface area contributed by atoms with E-state index in [1.807, 2.05) is 49.4 Å². The summed E-state index contributed by atoms with van der Waals surface area (Å²) in [4.78, 5) is 26.7. The number of carbonyl (C=O) groups is 2. The van der Waals surface area contributed by atoms with E-state index >= 15 is 0 Å². The van der Waals surface area contributed by atoms with Crippen LogP contribution in [-0.2, 0) is 16.0 Å². The van der Waals surface area contributed by atoms with Crippen LogP contribution in [0.4, 0.5) is 0 Å². The molecule has 0 fully saturated rings. The van der Waals surface area contributed by atoms with E-state index in [-0.39, 0.29) is 18.4 Å². The summed E-state index contributed by atoms with van der Waals surface area (Å²) < 4.78 is 6.56. The van der Waals surface area contributed by atoms with Crippen molar-refractivity contribution in [3.8, 4) is 5.75 Å². The number of likely N-dealkylation sites (N-methyl/N-ethyl adjacent to an activating group) is 1. The van der Waals surface area contributed by atoms with Crippen LogP contribution in [0.15, 0.2) is 59.1 Å². The Kier molecular flexibility index (Phi) is 8.33. The maximum Gasteiger partial charge on any atom is 0.261 e. The van der Waals surface area contributed by atoms with E-state index in [0.29, 0.717) is 25.1 Å². The number of ether oxygens (including phenoxy) is 1. The Morgan fingerprint density at radius 2 is 1.78 bits per heavy atom. The van der Waals surface area contributed by atoms with E-state index in [9.17, 15) is 9.59 Å². The smallest absolute Gasteiger partial charge is 0.261 e. The number of carbonyl (C=O) groups excluding carboxylic acids is 2. The summed E-state index contributed by atoms with van der Waals surface area (Å²) >= 11 is 3.37. The Hall–Kier alpha value is -2.34. The normalized spacial score (nSPS) is 11.5. The molecule has 0 heterocycles. The number of rotatable bonds is 9. The zero-order valence-electron chi connectivity index (χ0n) is 15.7. The first-order chi connectivity index (χ1) is 13.0. The van der Waals surface area contributed by atoms with Gasteiger partial charge in [0.15, 0.2) is 6.61 Å². The number of nitrogens with one attached hydrogen (secondary N) is 1. The summed E-state index contributed by atoms with van der Waals surface area (Å²) in [5.74, 6) is 0.245. The van der Waals surface area contributed by atoms with E-state index in [1.165, 1.54) is 0 Å². The van der Waals surface area contributed by atoms with Gasteiger partial charge >= 0.3 is 0 Å². The second-order valence-corrected chi connectivity index (χ2v) is 7.02. The highest BCUT2D eigenvalue weighted by Crippen LogP contribution is 2.16. The van der Waals surface area contributed by atoms with Crippen molar-refractivity contribution in [1.82, 2.24) is 10.2 Å². The average Bonchev–Trinajstić information content (AvgIpc) is 2.70. The Labute approximate surface area is 168 Å². The molecule has 0 aromatic heterocycles. The lowest BCUT2D eigenvalue weighted by Gasteiger charge is -2.30. The van der Waals surface area contributed by atoms with Gasteiger partial charge in [0.2, 0.25) is 5.91 Å². The second kappa shape index (κ2) is 10.7. The molecule has 0 aliphatic carbocycles. The predicted molar refractivity (Wildman–Crippen MR) is 110 cm³/mol. The van der Waals surface area contributed by atoms with Gasteiger partial charge in [0.1, 0.15) is 11.8 Å². The van der Waals surface area contributed by atoms with Gasteiger partial charge in [-0.15, -0.1) is 0 Å². The first-order valence-electron chi connectivity index (χ1n) is 8.98. The molecule has 6 heteroatoms. The van der Waals surface area contributed by atoms with E-state index in [0.717, 1.165) is 10.0 Å². The van der Waals surface area contributed by atoms with Gasteiger partial charge in [-0.05, 0) is 42.7 Å². The topological polar surface area (TPSA) is 58.6 Å². The Morgan fingerprint density at radius 3 is 2.37 bits per heavy atom. The van der Waals surface area contributed by atoms with Crippen molar-refractivity contribution in [2.75, 3.05) is 20.2 Å². The van der Waals surface area contributed by atoms with Crippen LogP contribution in [0.1, 0.15) is 18.9 Å². The van der Waals surface area contributed by atoms with Crippen LogP contribution in [0.2, 0.25) is 0 Å². The molecule has 5 nitrogen and oxygen atoms in total. The maximum absolute atomic E-state index is 12.8. The first kappa shape index (κ1) is 21.0. The largest absolute Gasteiger partial charge is 0.484 e. The fraction of sp³-hybridized carbons (Fsp3) is 0.333. The molecule has 0 saturated carbocycles. The lowest BCUT2D eigenvalue weighted by atomic mass is 10.1. The van der Waals surface area contributed by atoms with E-state index in [2.05, 4.69) is 21.2 Å². The molecular weight excluding hydrogens is 408 g/mol. The van der Waals surface area contributed by atoms with Crippen LogP contribution in [0, 0.1) is 0 Å². The van der Waals surface area contributed by atoms with Crippen LogP contribution >= 0.6 is 15.9 Å². The number of benzene rings is 2. The third kappa shape index (κ3) is 6.40. The van der Waals surface area contributed by atoms with Crippen molar-refractivity contribution in [2.24, 2.45) is 0 Å². The zero-order valence-corrected chi connectivity index (χ0v) is 17.2. The Bertz CT molecular complexity index is 735. The van der Waals surface area contributed by atoms with Gasteiger partial charge in [-0.2, -0.15) is 0 Å². The Morgan fingerprint density at radius 1 is 1.11 bits per heavy atom. The van der Waals surface area contributed by atoms with Crippen molar-refractivity contribution < 1.29 is 14.3 Å². The SMILES string of the molecule is CC[C@H](C(=O)NC)N(CCc1ccccc1)C(=O)COc1ccc(Br)cc1. The fourth-order valence-electron chi connectivity index (χ4n) is 2.82. The van der Waals surface area contributed by atoms with Crippen LogP contribution in [-0.4, -0.2) is 43.0 Å². The number of amides is 2. The van der Waals surface area contributed by atoms with Gasteiger partial charge in [0.25, 0.3) is 5.91 Å². The van der Waals surface area contributed by atoms with Gasteiger partial charge in [0, 0.05) is 18.1 Å². The molecule has 144 valence electrons. The van der Waals surface area contributed by atoms with Gasteiger partial charge in [0.05, 0.1) is 0 Å². The molecule has 2 aromatic carbocycles. The standard InChI is InChI=1S/C21H25BrN2O3/c1-3-19(21(26)23-2)24(14-13-16-7-5-4-6-8-16)20(25)15-27-18-11-9-17(22)10-12-18/h4-12,19H,3,13-15H2,1-2H3,(H,23,26)/t19-/m1/s1. The number of hydrogen-bond acceptors (Lipinski definition) is 3. The second-order valence-electron chi connectivity index (χ2n) is 6.10. The van der Waals surface area contributed by atoms with Crippen molar-refractivity contribution >= 4 is 27.7 Å². The number of hydrogen-bond donors (Lipinski definition) is 1. The van der Waals surface area contributed by atoms with Crippen molar-refractivity contribution in [3.05, 3.63) is 64.6 Å². The third-order valence-electron chi connectivity index (χ3n) is 4.29. The predicted octanol–water partition coefficient (Wildman–Crippen LogP) is 3.42. The van der Waals surface area contributed by atoms with Gasteiger partial charge in [-0.3, -0.25) is 9.59 Å². The monoisotopic (exact) mass is 432 g/mol. The summed E-state index contributed by atoms with van der Waals surface area (Å²) in [7, 11) is 1.59. The molecule has 0 bridgehead atoms. The quantitative estimate of drug-likeness (QED) is 0.660. The van der Waals surface area contributed by atoms with E-state index in [1.54, 1.807) is 24.1 Å². The van der Waals surface area contributed by atoms with Gasteiger partial charge in [-0.1, -0.05) is 53.2 Å². The molecule has 2 rings (SSSR count). The lowest BCUT2D eigenvalue weighted by Crippen LogP contribution is -2.50. The van der Waals surface area contributed by atoms with Crippen LogP contribution in [0.3, 0.4) is 0 Å². The van der Waals surface area contributed by atoms with Crippen LogP contribution in [0.25, 0.3) is 0 Å². The Balaban J connectivity index is 2.07. The third-order valence-corrected chi connectivity index (χ3v) is 4.82. The molecule has 2 amide bonds. The number of halogens is 1. The molecule has 0 saturated heterocycles. The minimum Gasteiger partial charge on any atom is -0.484 e. The molecule has 0 aliphatic heterocycles. The summed E-state index contributed by atoms with van der Waals surface area (Å²) in [6.45, 7) is 2.25. The van der Waals surface area contributed by atoms with Crippen LogP contribution in [0.5, 0.6) is 5.75 Å². The molecule has 2 aromatic rings. The highest BCUT2D eigenvalue weighted by molar-refractivity contribution is 9.10. The maximum atomic E-state index is 12.8. The first-order valence-corrected chi connectivity index (χ1v) is 9.77. The molecule has 1 atom stereocenters. The molecule has 0 unspecified atom stereocenters. The molecule has 0 aliphatic rings. The number of nitrogens with zero attached hydrogens (tertiary/aromatic N) is 1. The van der Waals surface area contributed by atoms with Crippen LogP contribution < -0.4 is 10.1 Å². The molecular formula is C21H25BrN2O3. The minimum absolute atomic E-state index is 0.107. The molecule has 0 spiro atoms. The average molecular weight is 433 g/mol. The highest BCUT2D eigenvalue weighted by atomic mass is 79.9. The summed E-state index contributed by atoms with van der Waals surface area (Å²) in [6, 6.07) is 16.7. The van der Waals surface area contributed by atoms with Gasteiger partial charge < -0.3 is 15.0 Å². The van der Waals surface area contributed by atoms with Crippen molar-refractivity contribution in [2.45, 2.75) is 25.8 Å². The summed E-state index contributed by atoms with van der Waals surface area (Å²) in [5.41, 5.74) is 1.12. The lowest BCUT2D eigenvalue weighted by molar-refractivity contribution is -0.142. The molecule has 27 heavy (non-hydrogen) atoms. The zero-order chi connectivity index (χ0) is 19.6. The van der Waals surface area contributed by atoms with Crippen molar-refractivity contribution in [3.63, 3.8) is 0 Å². The molecule has 0 radical (unpaired) electrons. The summed E-state index contributed by atoms with van der Waals surface area (Å²) in [6.07, 6.45) is 1.22. The van der Waals surface area contributed by atoms with Crippen molar-refractivity contribution in [1.29, 1.82) is 0 Å². The minimum atomic E-state index is -0.514. The van der Waals surface area contributed by atoms with Gasteiger partial charge in [-0.25, -0.2) is 0 Å². The molecule has 1 N–H and O–H groups in total. The van der Waals surface area contributed by atoms with E-state index < -0.39 is 6.04 Å². The van der Waals surface area contributed by atoms with E-state index in [4.69, 9.17) is 4.74 Å². The highest BCUT2D eigenvalue weighted by Gasteiger charge is 2.27.